The molecule has 0 aromatic carbocycles. The fraction of sp³-hybridized carbons (Fsp3) is 0.900. The summed E-state index contributed by atoms with van der Waals surface area (Å²) in [5.74, 6) is 0.884. The molecular weight excluding hydrogens is 278 g/mol. The topological polar surface area (TPSA) is 29.5 Å². The van der Waals surface area contributed by atoms with Gasteiger partial charge in [0.25, 0.3) is 0 Å². The summed E-state index contributed by atoms with van der Waals surface area (Å²) in [6.07, 6.45) is 3.20. The quantitative estimate of drug-likeness (QED) is 0.531. The molecule has 0 aliphatic rings. The van der Waals surface area contributed by atoms with Crippen LogP contribution in [0.15, 0.2) is 0 Å². The fourth-order valence-corrected chi connectivity index (χ4v) is 2.87. The van der Waals surface area contributed by atoms with E-state index in [2.05, 4.69) is 38.7 Å². The fourth-order valence-electron chi connectivity index (χ4n) is 1.35. The largest absolute Gasteiger partial charge is 0.468 e. The van der Waals surface area contributed by atoms with Crippen molar-refractivity contribution in [3.63, 3.8) is 0 Å². The first-order chi connectivity index (χ1) is 7.06. The molecule has 3 nitrogen and oxygen atoms in total. The maximum atomic E-state index is 11.2. The third-order valence-electron chi connectivity index (χ3n) is 2.36. The number of carbonyl (C=O) groups is 1. The van der Waals surface area contributed by atoms with Crippen molar-refractivity contribution in [1.82, 2.24) is 4.90 Å². The highest BCUT2D eigenvalue weighted by Gasteiger charge is 2.20. The molecule has 0 aromatic rings. The number of rotatable bonds is 7. The Bertz CT molecular complexity index is 192. The molecule has 0 bridgehead atoms. The van der Waals surface area contributed by atoms with Gasteiger partial charge in [-0.1, -0.05) is 22.9 Å². The van der Waals surface area contributed by atoms with Crippen LogP contribution in [0.3, 0.4) is 0 Å². The number of thioether (sulfide) groups is 1. The number of hydrogen-bond acceptors (Lipinski definition) is 4. The van der Waals surface area contributed by atoms with E-state index in [-0.39, 0.29) is 10.8 Å². The normalized spacial score (nSPS) is 15.1. The van der Waals surface area contributed by atoms with Crippen LogP contribution in [0.2, 0.25) is 0 Å². The van der Waals surface area contributed by atoms with Crippen molar-refractivity contribution in [2.24, 2.45) is 0 Å². The lowest BCUT2D eigenvalue weighted by atomic mass is 10.2. The summed E-state index contributed by atoms with van der Waals surface area (Å²) in [7, 11) is 3.46. The van der Waals surface area contributed by atoms with Crippen molar-refractivity contribution in [2.45, 2.75) is 24.2 Å². The molecule has 0 saturated carbocycles. The van der Waals surface area contributed by atoms with Crippen LogP contribution in [0.25, 0.3) is 0 Å². The van der Waals surface area contributed by atoms with Gasteiger partial charge in [0.1, 0.15) is 4.83 Å². The average Bonchev–Trinajstić information content (AvgIpc) is 2.24. The van der Waals surface area contributed by atoms with E-state index in [1.807, 2.05) is 18.8 Å². The minimum absolute atomic E-state index is 0.208. The van der Waals surface area contributed by atoms with Crippen LogP contribution in [0.5, 0.6) is 0 Å². The summed E-state index contributed by atoms with van der Waals surface area (Å²) in [5, 5.41) is 0. The molecular formula is C10H20BrNO2S. The number of alkyl halides is 1. The van der Waals surface area contributed by atoms with Crippen molar-refractivity contribution in [3.05, 3.63) is 0 Å². The van der Waals surface area contributed by atoms with Gasteiger partial charge in [-0.3, -0.25) is 4.79 Å². The number of methoxy groups -OCH3 is 1. The zero-order valence-electron chi connectivity index (χ0n) is 9.83. The second-order valence-corrected chi connectivity index (χ2v) is 5.46. The Morgan fingerprint density at radius 2 is 2.20 bits per heavy atom. The minimum atomic E-state index is -0.233. The number of hydrogen-bond donors (Lipinski definition) is 0. The molecule has 0 rings (SSSR count). The van der Waals surface area contributed by atoms with E-state index in [9.17, 15) is 4.79 Å². The van der Waals surface area contributed by atoms with E-state index in [1.165, 1.54) is 7.11 Å². The van der Waals surface area contributed by atoms with Crippen molar-refractivity contribution in [3.8, 4) is 0 Å². The average molecular weight is 298 g/mol. The SMILES string of the molecule is CCC(CSC)N(C)CC(Br)C(=O)OC. The van der Waals surface area contributed by atoms with Gasteiger partial charge in [-0.05, 0) is 19.7 Å². The standard InChI is InChI=1S/C10H20BrNO2S/c1-5-8(7-15-4)12(2)6-9(11)10(13)14-3/h8-9H,5-7H2,1-4H3. The lowest BCUT2D eigenvalue weighted by molar-refractivity contribution is -0.140. The molecule has 0 aliphatic carbocycles. The predicted molar refractivity (Wildman–Crippen MR) is 69.8 cm³/mol. The van der Waals surface area contributed by atoms with E-state index < -0.39 is 0 Å². The van der Waals surface area contributed by atoms with Crippen LogP contribution in [0, 0.1) is 0 Å². The molecule has 0 radical (unpaired) electrons. The van der Waals surface area contributed by atoms with Crippen molar-refractivity contribution in [1.29, 1.82) is 0 Å². The van der Waals surface area contributed by atoms with E-state index in [0.717, 1.165) is 12.2 Å². The molecule has 5 heteroatoms. The Morgan fingerprint density at radius 1 is 1.60 bits per heavy atom. The predicted octanol–water partition coefficient (Wildman–Crippen LogP) is 2.00. The number of halogens is 1. The first kappa shape index (κ1) is 15.3. The van der Waals surface area contributed by atoms with Gasteiger partial charge in [-0.15, -0.1) is 0 Å². The summed E-state index contributed by atoms with van der Waals surface area (Å²) < 4.78 is 4.67. The Balaban J connectivity index is 4.08. The van der Waals surface area contributed by atoms with Crippen LogP contribution in [0.4, 0.5) is 0 Å². The van der Waals surface area contributed by atoms with Gasteiger partial charge in [0.05, 0.1) is 7.11 Å². The van der Waals surface area contributed by atoms with Gasteiger partial charge in [0.2, 0.25) is 0 Å². The van der Waals surface area contributed by atoms with E-state index in [1.54, 1.807) is 0 Å². The molecule has 0 fully saturated rings. The molecule has 0 aliphatic heterocycles. The van der Waals surface area contributed by atoms with Gasteiger partial charge in [0, 0.05) is 18.3 Å². The van der Waals surface area contributed by atoms with Crippen LogP contribution >= 0.6 is 27.7 Å². The lowest BCUT2D eigenvalue weighted by Gasteiger charge is -2.27. The Labute approximate surface area is 105 Å². The highest BCUT2D eigenvalue weighted by Crippen LogP contribution is 2.12. The minimum Gasteiger partial charge on any atom is -0.468 e. The van der Waals surface area contributed by atoms with Crippen molar-refractivity contribution < 1.29 is 9.53 Å². The summed E-state index contributed by atoms with van der Waals surface area (Å²) in [6.45, 7) is 2.85. The van der Waals surface area contributed by atoms with Crippen LogP contribution in [0.1, 0.15) is 13.3 Å². The molecule has 0 N–H and O–H groups in total. The van der Waals surface area contributed by atoms with Gasteiger partial charge >= 0.3 is 5.97 Å². The number of nitrogens with zero attached hydrogens (tertiary/aromatic N) is 1. The second-order valence-electron chi connectivity index (χ2n) is 3.45. The molecule has 15 heavy (non-hydrogen) atoms. The van der Waals surface area contributed by atoms with E-state index in [4.69, 9.17) is 0 Å². The zero-order chi connectivity index (χ0) is 11.8. The molecule has 0 heterocycles. The van der Waals surface area contributed by atoms with Gasteiger partial charge in [-0.2, -0.15) is 11.8 Å². The van der Waals surface area contributed by atoms with Gasteiger partial charge in [0.15, 0.2) is 0 Å². The highest BCUT2D eigenvalue weighted by atomic mass is 79.9. The molecule has 0 spiro atoms. The Morgan fingerprint density at radius 3 is 2.60 bits per heavy atom. The summed E-state index contributed by atoms with van der Waals surface area (Å²) in [4.78, 5) is 13.2. The first-order valence-electron chi connectivity index (χ1n) is 4.97. The highest BCUT2D eigenvalue weighted by molar-refractivity contribution is 9.10. The number of carbonyl (C=O) groups excluding carboxylic acids is 1. The smallest absolute Gasteiger partial charge is 0.320 e. The zero-order valence-corrected chi connectivity index (χ0v) is 12.2. The van der Waals surface area contributed by atoms with Crippen molar-refractivity contribution in [2.75, 3.05) is 32.7 Å². The maximum absolute atomic E-state index is 11.2. The van der Waals surface area contributed by atoms with E-state index >= 15 is 0 Å². The van der Waals surface area contributed by atoms with Crippen LogP contribution in [-0.2, 0) is 9.53 Å². The van der Waals surface area contributed by atoms with Crippen LogP contribution in [-0.4, -0.2) is 54.4 Å². The molecule has 2 atom stereocenters. The third kappa shape index (κ3) is 5.78. The first-order valence-corrected chi connectivity index (χ1v) is 7.28. The molecule has 0 aromatic heterocycles. The monoisotopic (exact) mass is 297 g/mol. The summed E-state index contributed by atoms with van der Waals surface area (Å²) >= 11 is 5.16. The number of esters is 1. The molecule has 90 valence electrons. The second kappa shape index (κ2) is 8.42. The van der Waals surface area contributed by atoms with Crippen molar-refractivity contribution >= 4 is 33.7 Å². The molecule has 2 unspecified atom stereocenters. The molecule has 0 amide bonds. The lowest BCUT2D eigenvalue weighted by Crippen LogP contribution is -2.39. The summed E-state index contributed by atoms with van der Waals surface area (Å²) in [6, 6.07) is 0.518. The van der Waals surface area contributed by atoms with Gasteiger partial charge < -0.3 is 9.64 Å². The van der Waals surface area contributed by atoms with Gasteiger partial charge in [-0.25, -0.2) is 0 Å². The van der Waals surface area contributed by atoms with Crippen LogP contribution < -0.4 is 0 Å². The third-order valence-corrected chi connectivity index (χ3v) is 3.74. The maximum Gasteiger partial charge on any atom is 0.320 e. The summed E-state index contributed by atoms with van der Waals surface area (Å²) in [5.41, 5.74) is 0. The Hall–Kier alpha value is 0.260. The Kier molecular flexibility index (Phi) is 8.56. The van der Waals surface area contributed by atoms with E-state index in [0.29, 0.717) is 12.6 Å². The molecule has 0 saturated heterocycles. The number of ether oxygens (including phenoxy) is 1.